The normalized spacial score (nSPS) is 16.1. The Morgan fingerprint density at radius 1 is 1.23 bits per heavy atom. The molecule has 0 radical (unpaired) electrons. The Labute approximate surface area is 177 Å². The summed E-state index contributed by atoms with van der Waals surface area (Å²) in [5.41, 5.74) is 5.47. The molecule has 0 spiro atoms. The van der Waals surface area contributed by atoms with Gasteiger partial charge in [0, 0.05) is 30.9 Å². The van der Waals surface area contributed by atoms with E-state index in [-0.39, 0.29) is 11.9 Å². The minimum absolute atomic E-state index is 0.0448. The fourth-order valence-electron chi connectivity index (χ4n) is 4.19. The summed E-state index contributed by atoms with van der Waals surface area (Å²) in [5.74, 6) is 1.07. The number of likely N-dealkylation sites (tertiary alicyclic amines) is 1. The molecule has 0 unspecified atom stereocenters. The maximum atomic E-state index is 12.9. The van der Waals surface area contributed by atoms with Crippen LogP contribution in [0.2, 0.25) is 0 Å². The number of aromatic amines is 1. The van der Waals surface area contributed by atoms with E-state index in [2.05, 4.69) is 28.2 Å². The first kappa shape index (κ1) is 20.1. The Morgan fingerprint density at radius 2 is 2.07 bits per heavy atom. The molecule has 2 aromatic heterocycles. The van der Waals surface area contributed by atoms with Crippen LogP contribution in [-0.4, -0.2) is 39.1 Å². The van der Waals surface area contributed by atoms with Crippen LogP contribution in [0.4, 0.5) is 0 Å². The summed E-state index contributed by atoms with van der Waals surface area (Å²) in [6, 6.07) is 10.2. The average Bonchev–Trinajstić information content (AvgIpc) is 3.42. The molecular weight excluding hydrogens is 376 g/mol. The Balaban J connectivity index is 1.36. The summed E-state index contributed by atoms with van der Waals surface area (Å²) in [5, 5.41) is 7.40. The first-order valence-corrected chi connectivity index (χ1v) is 10.6. The van der Waals surface area contributed by atoms with Crippen LogP contribution in [-0.2, 0) is 4.79 Å². The fourth-order valence-corrected chi connectivity index (χ4v) is 4.19. The molecule has 4 rings (SSSR count). The number of carbonyl (C=O) groups excluding carboxylic acids is 1. The Bertz CT molecular complexity index is 999. The molecule has 1 aliphatic heterocycles. The lowest BCUT2D eigenvalue weighted by atomic mass is 10.0. The number of nitrogens with zero attached hydrogens (tertiary/aromatic N) is 3. The molecule has 1 N–H and O–H groups in total. The fraction of sp³-hybridized carbons (Fsp3) is 0.375. The number of carbonyl (C=O) groups is 1. The maximum absolute atomic E-state index is 12.9. The summed E-state index contributed by atoms with van der Waals surface area (Å²) in [7, 11) is 0. The topological polar surface area (TPSA) is 71.1 Å². The van der Waals surface area contributed by atoms with Crippen LogP contribution >= 0.6 is 0 Å². The van der Waals surface area contributed by atoms with Gasteiger partial charge in [0.05, 0.1) is 24.5 Å². The molecule has 156 valence electrons. The van der Waals surface area contributed by atoms with Gasteiger partial charge in [-0.2, -0.15) is 5.10 Å². The van der Waals surface area contributed by atoms with Gasteiger partial charge in [0.15, 0.2) is 0 Å². The van der Waals surface area contributed by atoms with Crippen molar-refractivity contribution in [2.75, 3.05) is 13.2 Å². The van der Waals surface area contributed by atoms with Crippen molar-refractivity contribution in [1.29, 1.82) is 0 Å². The van der Waals surface area contributed by atoms with Crippen molar-refractivity contribution in [1.82, 2.24) is 20.1 Å². The van der Waals surface area contributed by atoms with E-state index in [0.717, 1.165) is 47.5 Å². The smallest absolute Gasteiger partial charge is 0.223 e. The molecule has 3 aromatic rings. The van der Waals surface area contributed by atoms with Crippen LogP contribution in [0.5, 0.6) is 5.75 Å². The third-order valence-electron chi connectivity index (χ3n) is 5.69. The highest BCUT2D eigenvalue weighted by Crippen LogP contribution is 2.36. The predicted molar refractivity (Wildman–Crippen MR) is 116 cm³/mol. The highest BCUT2D eigenvalue weighted by atomic mass is 16.5. The van der Waals surface area contributed by atoms with Crippen molar-refractivity contribution in [2.24, 2.45) is 0 Å². The van der Waals surface area contributed by atoms with Crippen molar-refractivity contribution in [3.63, 3.8) is 0 Å². The Morgan fingerprint density at radius 3 is 2.87 bits per heavy atom. The number of amides is 1. The SMILES string of the molecule is Cc1ccc(OCCCC(=O)N2CCC[C@@H]2c2[nH]ncc2-c2ccncc2)c(C)c1. The molecule has 30 heavy (non-hydrogen) atoms. The highest BCUT2D eigenvalue weighted by molar-refractivity contribution is 5.77. The van der Waals surface area contributed by atoms with Gasteiger partial charge in [0.2, 0.25) is 5.91 Å². The lowest BCUT2D eigenvalue weighted by Crippen LogP contribution is -2.31. The number of rotatable bonds is 7. The summed E-state index contributed by atoms with van der Waals surface area (Å²) >= 11 is 0. The van der Waals surface area contributed by atoms with E-state index >= 15 is 0 Å². The number of aryl methyl sites for hydroxylation is 2. The quantitative estimate of drug-likeness (QED) is 0.584. The zero-order valence-electron chi connectivity index (χ0n) is 17.6. The third kappa shape index (κ3) is 4.37. The average molecular weight is 405 g/mol. The highest BCUT2D eigenvalue weighted by Gasteiger charge is 2.32. The Kier molecular flexibility index (Phi) is 6.12. The number of benzene rings is 1. The van der Waals surface area contributed by atoms with Crippen molar-refractivity contribution in [3.05, 3.63) is 65.7 Å². The largest absolute Gasteiger partial charge is 0.493 e. The van der Waals surface area contributed by atoms with Crippen LogP contribution in [0.25, 0.3) is 11.1 Å². The standard InChI is InChI=1S/C24H28N4O2/c1-17-7-8-22(18(2)15-17)30-14-4-6-23(29)28-13-3-5-21(28)24-20(16-26-27-24)19-9-11-25-12-10-19/h7-12,15-16,21H,3-6,13-14H2,1-2H3,(H,26,27)/t21-/m1/s1. The van der Waals surface area contributed by atoms with Gasteiger partial charge >= 0.3 is 0 Å². The van der Waals surface area contributed by atoms with E-state index in [1.54, 1.807) is 12.4 Å². The molecule has 1 saturated heterocycles. The first-order chi connectivity index (χ1) is 14.6. The van der Waals surface area contributed by atoms with Crippen LogP contribution in [0.1, 0.15) is 48.5 Å². The first-order valence-electron chi connectivity index (χ1n) is 10.6. The van der Waals surface area contributed by atoms with Gasteiger partial charge in [0.1, 0.15) is 5.75 Å². The van der Waals surface area contributed by atoms with Crippen molar-refractivity contribution in [3.8, 4) is 16.9 Å². The van der Waals surface area contributed by atoms with Crippen LogP contribution in [0, 0.1) is 13.8 Å². The molecule has 0 aliphatic carbocycles. The molecule has 3 heterocycles. The van der Waals surface area contributed by atoms with E-state index in [4.69, 9.17) is 4.74 Å². The molecule has 1 atom stereocenters. The van der Waals surface area contributed by atoms with Gasteiger partial charge in [0.25, 0.3) is 0 Å². The van der Waals surface area contributed by atoms with Crippen molar-refractivity contribution < 1.29 is 9.53 Å². The summed E-state index contributed by atoms with van der Waals surface area (Å²) in [4.78, 5) is 19.0. The van der Waals surface area contributed by atoms with Crippen molar-refractivity contribution >= 4 is 5.91 Å². The third-order valence-corrected chi connectivity index (χ3v) is 5.69. The lowest BCUT2D eigenvalue weighted by Gasteiger charge is -2.25. The number of pyridine rings is 1. The molecular formula is C24H28N4O2. The molecule has 6 nitrogen and oxygen atoms in total. The monoisotopic (exact) mass is 404 g/mol. The van der Waals surface area contributed by atoms with E-state index in [1.807, 2.05) is 42.3 Å². The number of nitrogens with one attached hydrogen (secondary N) is 1. The molecule has 1 fully saturated rings. The lowest BCUT2D eigenvalue weighted by molar-refractivity contribution is -0.132. The van der Waals surface area contributed by atoms with E-state index in [1.165, 1.54) is 5.56 Å². The van der Waals surface area contributed by atoms with Gasteiger partial charge in [-0.25, -0.2) is 0 Å². The minimum Gasteiger partial charge on any atom is -0.493 e. The molecule has 1 amide bonds. The van der Waals surface area contributed by atoms with Gasteiger partial charge in [-0.15, -0.1) is 0 Å². The van der Waals surface area contributed by atoms with Gasteiger partial charge < -0.3 is 9.64 Å². The number of H-pyrrole nitrogens is 1. The van der Waals surface area contributed by atoms with E-state index in [0.29, 0.717) is 19.4 Å². The summed E-state index contributed by atoms with van der Waals surface area (Å²) < 4.78 is 5.89. The predicted octanol–water partition coefficient (Wildman–Crippen LogP) is 4.61. The van der Waals surface area contributed by atoms with E-state index < -0.39 is 0 Å². The molecule has 1 aliphatic rings. The zero-order valence-corrected chi connectivity index (χ0v) is 17.6. The Hall–Kier alpha value is -3.15. The second kappa shape index (κ2) is 9.11. The number of ether oxygens (including phenoxy) is 1. The van der Waals surface area contributed by atoms with Crippen LogP contribution in [0.15, 0.2) is 48.9 Å². The second-order valence-corrected chi connectivity index (χ2v) is 7.90. The number of hydrogen-bond donors (Lipinski definition) is 1. The van der Waals surface area contributed by atoms with E-state index in [9.17, 15) is 4.79 Å². The van der Waals surface area contributed by atoms with Gasteiger partial charge in [-0.1, -0.05) is 17.7 Å². The zero-order chi connectivity index (χ0) is 20.9. The molecule has 0 bridgehead atoms. The van der Waals surface area contributed by atoms with Gasteiger partial charge in [-0.3, -0.25) is 14.9 Å². The summed E-state index contributed by atoms with van der Waals surface area (Å²) in [6.07, 6.45) is 8.54. The van der Waals surface area contributed by atoms with Crippen molar-refractivity contribution in [2.45, 2.75) is 45.6 Å². The molecule has 6 heteroatoms. The van der Waals surface area contributed by atoms with Crippen LogP contribution in [0.3, 0.4) is 0 Å². The summed E-state index contributed by atoms with van der Waals surface area (Å²) in [6.45, 7) is 5.45. The molecule has 1 aromatic carbocycles. The second-order valence-electron chi connectivity index (χ2n) is 7.90. The molecule has 0 saturated carbocycles. The number of aromatic nitrogens is 3. The maximum Gasteiger partial charge on any atom is 0.223 e. The van der Waals surface area contributed by atoms with Crippen LogP contribution < -0.4 is 4.74 Å². The number of hydrogen-bond acceptors (Lipinski definition) is 4. The minimum atomic E-state index is 0.0448. The van der Waals surface area contributed by atoms with Gasteiger partial charge in [-0.05, 0) is 62.4 Å².